The first-order chi connectivity index (χ1) is 14.6. The van der Waals surface area contributed by atoms with Gasteiger partial charge in [-0.05, 0) is 36.1 Å². The first-order valence-corrected chi connectivity index (χ1v) is 10.4. The molecule has 0 atom stereocenters. The molecule has 1 N–H and O–H groups in total. The van der Waals surface area contributed by atoms with Crippen LogP contribution in [0.5, 0.6) is 0 Å². The fraction of sp³-hybridized carbons (Fsp3) is 0.231. The molecule has 0 bridgehead atoms. The molecule has 1 saturated carbocycles. The van der Waals surface area contributed by atoms with Gasteiger partial charge in [-0.3, -0.25) is 9.59 Å². The average molecular weight is 399 g/mol. The first kappa shape index (κ1) is 19.9. The molecular formula is C26H26N2O2. The van der Waals surface area contributed by atoms with Gasteiger partial charge in [0.05, 0.1) is 11.3 Å². The van der Waals surface area contributed by atoms with Gasteiger partial charge in [0, 0.05) is 25.4 Å². The smallest absolute Gasteiger partial charge is 0.253 e. The zero-order valence-electron chi connectivity index (χ0n) is 17.1. The molecule has 152 valence electrons. The van der Waals surface area contributed by atoms with Crippen molar-refractivity contribution < 1.29 is 9.59 Å². The van der Waals surface area contributed by atoms with Gasteiger partial charge in [-0.15, -0.1) is 0 Å². The molecule has 4 nitrogen and oxygen atoms in total. The lowest BCUT2D eigenvalue weighted by molar-refractivity contribution is -0.119. The third-order valence-electron chi connectivity index (χ3n) is 5.64. The van der Waals surface area contributed by atoms with E-state index in [1.807, 2.05) is 54.6 Å². The minimum Gasteiger partial charge on any atom is -0.351 e. The molecule has 0 heterocycles. The van der Waals surface area contributed by atoms with Gasteiger partial charge in [0.1, 0.15) is 0 Å². The predicted molar refractivity (Wildman–Crippen MR) is 120 cm³/mol. The molecule has 30 heavy (non-hydrogen) atoms. The Bertz CT molecular complexity index is 974. The quantitative estimate of drug-likeness (QED) is 0.631. The third kappa shape index (κ3) is 4.43. The minimum absolute atomic E-state index is 0.0503. The van der Waals surface area contributed by atoms with Crippen molar-refractivity contribution in [1.82, 2.24) is 5.32 Å². The van der Waals surface area contributed by atoms with Crippen molar-refractivity contribution in [2.75, 3.05) is 18.5 Å². The maximum atomic E-state index is 13.1. The predicted octanol–water partition coefficient (Wildman–Crippen LogP) is 4.62. The number of hydrogen-bond donors (Lipinski definition) is 1. The van der Waals surface area contributed by atoms with Crippen molar-refractivity contribution >= 4 is 17.5 Å². The number of para-hydroxylation sites is 1. The lowest BCUT2D eigenvalue weighted by Crippen LogP contribution is -2.33. The highest BCUT2D eigenvalue weighted by Gasteiger charge is 2.33. The number of anilines is 1. The van der Waals surface area contributed by atoms with E-state index >= 15 is 0 Å². The van der Waals surface area contributed by atoms with Crippen molar-refractivity contribution in [2.24, 2.45) is 5.92 Å². The normalized spacial score (nSPS) is 13.1. The summed E-state index contributed by atoms with van der Waals surface area (Å²) in [4.78, 5) is 27.2. The van der Waals surface area contributed by atoms with Crippen molar-refractivity contribution in [3.63, 3.8) is 0 Å². The molecule has 3 aromatic carbocycles. The zero-order valence-corrected chi connectivity index (χ0v) is 17.1. The number of carbonyl (C=O) groups is 2. The third-order valence-corrected chi connectivity index (χ3v) is 5.64. The highest BCUT2D eigenvalue weighted by Crippen LogP contribution is 2.33. The van der Waals surface area contributed by atoms with Crippen LogP contribution in [0.25, 0.3) is 0 Å². The lowest BCUT2D eigenvalue weighted by atomic mass is 9.91. The summed E-state index contributed by atoms with van der Waals surface area (Å²) in [6.45, 7) is 0.474. The van der Waals surface area contributed by atoms with E-state index in [4.69, 9.17) is 0 Å². The topological polar surface area (TPSA) is 49.4 Å². The van der Waals surface area contributed by atoms with E-state index in [9.17, 15) is 9.59 Å². The monoisotopic (exact) mass is 398 g/mol. The van der Waals surface area contributed by atoms with Gasteiger partial charge in [0.25, 0.3) is 5.91 Å². The fourth-order valence-corrected chi connectivity index (χ4v) is 3.77. The van der Waals surface area contributed by atoms with E-state index in [2.05, 4.69) is 29.6 Å². The van der Waals surface area contributed by atoms with Crippen LogP contribution in [0, 0.1) is 5.92 Å². The maximum Gasteiger partial charge on any atom is 0.253 e. The average Bonchev–Trinajstić information content (AvgIpc) is 3.65. The minimum atomic E-state index is -0.169. The second kappa shape index (κ2) is 8.95. The highest BCUT2D eigenvalue weighted by atomic mass is 16.2. The Labute approximate surface area is 177 Å². The molecule has 0 radical (unpaired) electrons. The Morgan fingerprint density at radius 1 is 0.867 bits per heavy atom. The summed E-state index contributed by atoms with van der Waals surface area (Å²) < 4.78 is 0. The number of nitrogens with zero attached hydrogens (tertiary/aromatic N) is 1. The molecule has 1 fully saturated rings. The van der Waals surface area contributed by atoms with Crippen molar-refractivity contribution in [1.29, 1.82) is 0 Å². The van der Waals surface area contributed by atoms with E-state index in [0.717, 1.165) is 24.0 Å². The van der Waals surface area contributed by atoms with Crippen molar-refractivity contribution in [2.45, 2.75) is 18.8 Å². The van der Waals surface area contributed by atoms with Gasteiger partial charge < -0.3 is 10.2 Å². The molecule has 0 unspecified atom stereocenters. The van der Waals surface area contributed by atoms with Crippen molar-refractivity contribution in [3.05, 3.63) is 102 Å². The highest BCUT2D eigenvalue weighted by molar-refractivity contribution is 6.05. The van der Waals surface area contributed by atoms with Crippen LogP contribution in [-0.4, -0.2) is 25.4 Å². The van der Waals surface area contributed by atoms with Gasteiger partial charge in [0.15, 0.2) is 0 Å². The van der Waals surface area contributed by atoms with Gasteiger partial charge in [0.2, 0.25) is 5.91 Å². The van der Waals surface area contributed by atoms with E-state index in [1.54, 1.807) is 18.0 Å². The molecule has 2 amide bonds. The van der Waals surface area contributed by atoms with Crippen LogP contribution in [0.15, 0.2) is 84.9 Å². The number of rotatable bonds is 7. The summed E-state index contributed by atoms with van der Waals surface area (Å²) in [7, 11) is 1.75. The van der Waals surface area contributed by atoms with E-state index in [-0.39, 0.29) is 23.7 Å². The molecule has 1 aliphatic carbocycles. The summed E-state index contributed by atoms with van der Waals surface area (Å²) in [5, 5.41) is 3.10. The van der Waals surface area contributed by atoms with Gasteiger partial charge >= 0.3 is 0 Å². The van der Waals surface area contributed by atoms with Gasteiger partial charge in [-0.2, -0.15) is 0 Å². The molecule has 1 aliphatic rings. The molecule has 0 saturated heterocycles. The molecule has 4 rings (SSSR count). The SMILES string of the molecule is CN(C(=O)C1CC1)c1ccccc1C(=O)NCC(c1ccccc1)c1ccccc1. The maximum absolute atomic E-state index is 13.1. The number of amides is 2. The standard InChI is InChI=1S/C26H26N2O2/c1-28(26(30)21-16-17-21)24-15-9-8-14-22(24)25(29)27-18-23(19-10-4-2-5-11-19)20-12-6-3-7-13-20/h2-15,21,23H,16-18H2,1H3,(H,27,29). The Morgan fingerprint density at radius 2 is 1.40 bits per heavy atom. The summed E-state index contributed by atoms with van der Waals surface area (Å²) in [5.41, 5.74) is 3.48. The van der Waals surface area contributed by atoms with Crippen LogP contribution in [0.3, 0.4) is 0 Å². The van der Waals surface area contributed by atoms with Crippen LogP contribution in [0.1, 0.15) is 40.2 Å². The number of carbonyl (C=O) groups excluding carboxylic acids is 2. The zero-order chi connectivity index (χ0) is 20.9. The van der Waals surface area contributed by atoms with E-state index in [0.29, 0.717) is 17.8 Å². The molecular weight excluding hydrogens is 372 g/mol. The fourth-order valence-electron chi connectivity index (χ4n) is 3.77. The van der Waals surface area contributed by atoms with Gasteiger partial charge in [-0.1, -0.05) is 72.8 Å². The Hall–Kier alpha value is -3.40. The molecule has 0 spiro atoms. The second-order valence-electron chi connectivity index (χ2n) is 7.77. The number of nitrogens with one attached hydrogen (secondary N) is 1. The van der Waals surface area contributed by atoms with Crippen LogP contribution < -0.4 is 10.2 Å². The summed E-state index contributed by atoms with van der Waals surface area (Å²) in [5.74, 6) is 0.0700. The summed E-state index contributed by atoms with van der Waals surface area (Å²) in [6, 6.07) is 27.7. The molecule has 0 aliphatic heterocycles. The van der Waals surface area contributed by atoms with Crippen molar-refractivity contribution in [3.8, 4) is 0 Å². The van der Waals surface area contributed by atoms with Crippen LogP contribution in [0.2, 0.25) is 0 Å². The summed E-state index contributed by atoms with van der Waals surface area (Å²) >= 11 is 0. The largest absolute Gasteiger partial charge is 0.351 e. The Balaban J connectivity index is 1.54. The first-order valence-electron chi connectivity index (χ1n) is 10.4. The molecule has 4 heteroatoms. The van der Waals surface area contributed by atoms with Crippen LogP contribution in [-0.2, 0) is 4.79 Å². The molecule has 0 aromatic heterocycles. The summed E-state index contributed by atoms with van der Waals surface area (Å²) in [6.07, 6.45) is 1.88. The Kier molecular flexibility index (Phi) is 5.94. The lowest BCUT2D eigenvalue weighted by Gasteiger charge is -2.22. The molecule has 3 aromatic rings. The Morgan fingerprint density at radius 3 is 1.97 bits per heavy atom. The number of benzene rings is 3. The number of hydrogen-bond acceptors (Lipinski definition) is 2. The van der Waals surface area contributed by atoms with E-state index in [1.165, 1.54) is 0 Å². The van der Waals surface area contributed by atoms with Gasteiger partial charge in [-0.25, -0.2) is 0 Å². The van der Waals surface area contributed by atoms with Crippen LogP contribution >= 0.6 is 0 Å². The second-order valence-corrected chi connectivity index (χ2v) is 7.77. The van der Waals surface area contributed by atoms with E-state index < -0.39 is 0 Å². The van der Waals surface area contributed by atoms with Crippen LogP contribution in [0.4, 0.5) is 5.69 Å².